The van der Waals surface area contributed by atoms with E-state index in [0.29, 0.717) is 42.9 Å². The minimum Gasteiger partial charge on any atom is -0.388 e. The van der Waals surface area contributed by atoms with Crippen LogP contribution in [0.5, 0.6) is 0 Å². The third-order valence-corrected chi connectivity index (χ3v) is 5.30. The van der Waals surface area contributed by atoms with Crippen molar-refractivity contribution >= 4 is 22.5 Å². The van der Waals surface area contributed by atoms with Gasteiger partial charge in [-0.3, -0.25) is 4.79 Å². The normalized spacial score (nSPS) is 19.9. The number of pyridine rings is 1. The molecule has 4 rings (SSSR count). The molecule has 1 amide bonds. The largest absolute Gasteiger partial charge is 0.418 e. The van der Waals surface area contributed by atoms with Gasteiger partial charge in [0.1, 0.15) is 5.69 Å². The van der Waals surface area contributed by atoms with Crippen molar-refractivity contribution in [3.63, 3.8) is 0 Å². The number of morpholine rings is 1. The van der Waals surface area contributed by atoms with E-state index < -0.39 is 17.6 Å². The van der Waals surface area contributed by atoms with E-state index >= 15 is 0 Å². The Morgan fingerprint density at radius 2 is 2.10 bits per heavy atom. The number of benzene rings is 1. The molecule has 1 aromatic heterocycles. The molecule has 2 heterocycles. The first-order valence-corrected chi connectivity index (χ1v) is 9.70. The fourth-order valence-electron chi connectivity index (χ4n) is 3.60. The van der Waals surface area contributed by atoms with Crippen LogP contribution in [0.3, 0.4) is 0 Å². The number of hydrogen-bond acceptors (Lipinski definition) is 5. The molecule has 9 heteroatoms. The van der Waals surface area contributed by atoms with Crippen LogP contribution in [-0.4, -0.2) is 50.3 Å². The molecule has 6 nitrogen and oxygen atoms in total. The Morgan fingerprint density at radius 1 is 1.31 bits per heavy atom. The average molecular weight is 408 g/mol. The van der Waals surface area contributed by atoms with Crippen LogP contribution in [0.25, 0.3) is 10.9 Å². The molecule has 1 unspecified atom stereocenters. The van der Waals surface area contributed by atoms with Crippen molar-refractivity contribution in [2.24, 2.45) is 0 Å². The van der Waals surface area contributed by atoms with Gasteiger partial charge in [0.15, 0.2) is 0 Å². The van der Waals surface area contributed by atoms with Crippen molar-refractivity contribution in [1.29, 1.82) is 0 Å². The number of amides is 1. The molecule has 3 N–H and O–H groups in total. The van der Waals surface area contributed by atoms with Gasteiger partial charge in [0.05, 0.1) is 24.3 Å². The van der Waals surface area contributed by atoms with Crippen LogP contribution >= 0.6 is 0 Å². The van der Waals surface area contributed by atoms with Crippen molar-refractivity contribution in [2.75, 3.05) is 38.7 Å². The van der Waals surface area contributed by atoms with Gasteiger partial charge in [-0.1, -0.05) is 0 Å². The Kier molecular flexibility index (Phi) is 5.35. The fraction of sp³-hybridized carbons (Fsp3) is 0.500. The molecule has 2 fully saturated rings. The van der Waals surface area contributed by atoms with Crippen molar-refractivity contribution in [1.82, 2.24) is 15.6 Å². The SMILES string of the molecule is CNc1cc(C(=O)NCC2COCCN2)nc2c(C(F)(F)F)cc(C3CC3)cc12. The zero-order valence-corrected chi connectivity index (χ0v) is 16.0. The van der Waals surface area contributed by atoms with Gasteiger partial charge in [-0.15, -0.1) is 0 Å². The third kappa shape index (κ3) is 4.30. The maximum absolute atomic E-state index is 13.8. The van der Waals surface area contributed by atoms with Crippen LogP contribution < -0.4 is 16.0 Å². The molecule has 156 valence electrons. The second kappa shape index (κ2) is 7.79. The molecular weight excluding hydrogens is 385 g/mol. The number of aromatic nitrogens is 1. The van der Waals surface area contributed by atoms with Gasteiger partial charge < -0.3 is 20.7 Å². The number of rotatable bonds is 5. The van der Waals surface area contributed by atoms with Crippen LogP contribution in [0, 0.1) is 0 Å². The highest BCUT2D eigenvalue weighted by atomic mass is 19.4. The summed E-state index contributed by atoms with van der Waals surface area (Å²) in [5.41, 5.74) is 0.0580. The summed E-state index contributed by atoms with van der Waals surface area (Å²) in [6.07, 6.45) is -2.77. The summed E-state index contributed by atoms with van der Waals surface area (Å²) in [5, 5.41) is 9.23. The first kappa shape index (κ1) is 19.9. The number of nitrogens with one attached hydrogen (secondary N) is 3. The summed E-state index contributed by atoms with van der Waals surface area (Å²) in [4.78, 5) is 16.7. The second-order valence-electron chi connectivity index (χ2n) is 7.48. The number of ether oxygens (including phenoxy) is 1. The van der Waals surface area contributed by atoms with Crippen molar-refractivity contribution in [3.8, 4) is 0 Å². The summed E-state index contributed by atoms with van der Waals surface area (Å²) in [6, 6.07) is 4.40. The first-order valence-electron chi connectivity index (χ1n) is 9.70. The summed E-state index contributed by atoms with van der Waals surface area (Å²) >= 11 is 0. The maximum atomic E-state index is 13.8. The van der Waals surface area contributed by atoms with E-state index in [2.05, 4.69) is 20.9 Å². The third-order valence-electron chi connectivity index (χ3n) is 5.30. The van der Waals surface area contributed by atoms with Crippen LogP contribution in [0.1, 0.15) is 40.4 Å². The highest BCUT2D eigenvalue weighted by molar-refractivity contribution is 6.01. The topological polar surface area (TPSA) is 75.3 Å². The highest BCUT2D eigenvalue weighted by Crippen LogP contribution is 2.45. The second-order valence-corrected chi connectivity index (χ2v) is 7.48. The molecular formula is C20H23F3N4O2. The zero-order chi connectivity index (χ0) is 20.6. The summed E-state index contributed by atoms with van der Waals surface area (Å²) in [6.45, 7) is 2.08. The van der Waals surface area contributed by atoms with E-state index in [9.17, 15) is 18.0 Å². The quantitative estimate of drug-likeness (QED) is 0.710. The lowest BCUT2D eigenvalue weighted by Crippen LogP contribution is -2.48. The lowest BCUT2D eigenvalue weighted by Gasteiger charge is -2.24. The van der Waals surface area contributed by atoms with E-state index in [1.807, 2.05) is 0 Å². The highest BCUT2D eigenvalue weighted by Gasteiger charge is 2.36. The van der Waals surface area contributed by atoms with Crippen molar-refractivity contribution in [3.05, 3.63) is 35.0 Å². The fourth-order valence-corrected chi connectivity index (χ4v) is 3.60. The average Bonchev–Trinajstić information content (AvgIpc) is 3.55. The number of alkyl halides is 3. The lowest BCUT2D eigenvalue weighted by molar-refractivity contribution is -0.136. The molecule has 1 aromatic carbocycles. The van der Waals surface area contributed by atoms with Gasteiger partial charge in [-0.25, -0.2) is 4.98 Å². The van der Waals surface area contributed by atoms with Gasteiger partial charge in [0, 0.05) is 37.3 Å². The molecule has 0 radical (unpaired) electrons. The minimum atomic E-state index is -4.56. The molecule has 1 aliphatic heterocycles. The van der Waals surface area contributed by atoms with Crippen LogP contribution in [-0.2, 0) is 10.9 Å². The number of hydrogen-bond donors (Lipinski definition) is 3. The van der Waals surface area contributed by atoms with Crippen LogP contribution in [0.15, 0.2) is 18.2 Å². The smallest absolute Gasteiger partial charge is 0.388 e. The summed E-state index contributed by atoms with van der Waals surface area (Å²) in [7, 11) is 1.62. The Bertz CT molecular complexity index is 922. The van der Waals surface area contributed by atoms with Crippen LogP contribution in [0.4, 0.5) is 18.9 Å². The first-order chi connectivity index (χ1) is 13.9. The number of halogens is 3. The van der Waals surface area contributed by atoms with Gasteiger partial charge >= 0.3 is 6.18 Å². The van der Waals surface area contributed by atoms with E-state index in [0.717, 1.165) is 12.8 Å². The van der Waals surface area contributed by atoms with Gasteiger partial charge in [0.2, 0.25) is 0 Å². The predicted octanol–water partition coefficient (Wildman–Crippen LogP) is 2.89. The Labute approximate surface area is 166 Å². The molecule has 2 aromatic rings. The number of carbonyl (C=O) groups excluding carboxylic acids is 1. The minimum absolute atomic E-state index is 0.0382. The molecule has 1 saturated heterocycles. The van der Waals surface area contributed by atoms with E-state index in [1.165, 1.54) is 12.1 Å². The van der Waals surface area contributed by atoms with E-state index in [1.54, 1.807) is 13.1 Å². The maximum Gasteiger partial charge on any atom is 0.418 e. The molecule has 0 spiro atoms. The Balaban J connectivity index is 1.69. The number of nitrogens with zero attached hydrogens (tertiary/aromatic N) is 1. The molecule has 1 aliphatic carbocycles. The number of fused-ring (bicyclic) bond motifs is 1. The monoisotopic (exact) mass is 408 g/mol. The Morgan fingerprint density at radius 3 is 2.72 bits per heavy atom. The predicted molar refractivity (Wildman–Crippen MR) is 103 cm³/mol. The van der Waals surface area contributed by atoms with E-state index in [4.69, 9.17) is 4.74 Å². The molecule has 2 aliphatic rings. The van der Waals surface area contributed by atoms with Gasteiger partial charge in [0.25, 0.3) is 5.91 Å². The van der Waals surface area contributed by atoms with Gasteiger partial charge in [-0.05, 0) is 42.5 Å². The van der Waals surface area contributed by atoms with Crippen molar-refractivity contribution in [2.45, 2.75) is 31.0 Å². The lowest BCUT2D eigenvalue weighted by atomic mass is 10.00. The standard InChI is InChI=1S/C20H23F3N4O2/c1-24-16-8-17(19(28)26-9-13-10-29-5-4-25-13)27-18-14(16)6-12(11-2-3-11)7-15(18)20(21,22)23/h6-8,11,13,25H,2-5,9-10H2,1H3,(H,24,27)(H,26,28). The molecule has 1 saturated carbocycles. The summed E-state index contributed by atoms with van der Waals surface area (Å²) in [5.74, 6) is -0.353. The van der Waals surface area contributed by atoms with Crippen molar-refractivity contribution < 1.29 is 22.7 Å². The summed E-state index contributed by atoms with van der Waals surface area (Å²) < 4.78 is 46.6. The van der Waals surface area contributed by atoms with Crippen LogP contribution in [0.2, 0.25) is 0 Å². The number of carbonyl (C=O) groups is 1. The van der Waals surface area contributed by atoms with E-state index in [-0.39, 0.29) is 23.2 Å². The molecule has 1 atom stereocenters. The zero-order valence-electron chi connectivity index (χ0n) is 16.0. The van der Waals surface area contributed by atoms with Gasteiger partial charge in [-0.2, -0.15) is 13.2 Å². The number of anilines is 1. The molecule has 29 heavy (non-hydrogen) atoms. The Hall–Kier alpha value is -2.39. The molecule has 0 bridgehead atoms.